The van der Waals surface area contributed by atoms with Gasteiger partial charge in [-0.25, -0.2) is 9.59 Å². The summed E-state index contributed by atoms with van der Waals surface area (Å²) in [4.78, 5) is 37.0. The zero-order chi connectivity index (χ0) is 24.5. The quantitative estimate of drug-likeness (QED) is 0.339. The van der Waals surface area contributed by atoms with E-state index in [0.717, 1.165) is 16.7 Å². The predicted octanol–water partition coefficient (Wildman–Crippen LogP) is 5.10. The third-order valence-electron chi connectivity index (χ3n) is 4.76. The van der Waals surface area contributed by atoms with E-state index in [-0.39, 0.29) is 12.2 Å². The number of rotatable bonds is 9. The molecule has 1 amide bonds. The summed E-state index contributed by atoms with van der Waals surface area (Å²) in [6.45, 7) is 3.40. The smallest absolute Gasteiger partial charge is 0.341 e. The van der Waals surface area contributed by atoms with Crippen LogP contribution in [0.25, 0.3) is 17.2 Å². The number of nitrogens with one attached hydrogen (secondary N) is 1. The molecular formula is C26H25NO6S. The van der Waals surface area contributed by atoms with E-state index >= 15 is 0 Å². The number of hydrogen-bond acceptors (Lipinski definition) is 7. The first kappa shape index (κ1) is 24.7. The maximum atomic E-state index is 12.6. The Balaban J connectivity index is 1.65. The molecule has 0 radical (unpaired) electrons. The minimum Gasteiger partial charge on any atom is -0.497 e. The summed E-state index contributed by atoms with van der Waals surface area (Å²) in [5.74, 6) is -1.05. The number of carbonyl (C=O) groups is 3. The lowest BCUT2D eigenvalue weighted by Crippen LogP contribution is -2.21. The van der Waals surface area contributed by atoms with Crippen LogP contribution < -0.4 is 10.1 Å². The van der Waals surface area contributed by atoms with Crippen LogP contribution in [0.2, 0.25) is 0 Å². The molecule has 3 rings (SSSR count). The van der Waals surface area contributed by atoms with Crippen LogP contribution in [0.4, 0.5) is 5.00 Å². The predicted molar refractivity (Wildman–Crippen MR) is 132 cm³/mol. The van der Waals surface area contributed by atoms with Crippen molar-refractivity contribution < 1.29 is 28.6 Å². The van der Waals surface area contributed by atoms with Crippen LogP contribution in [0, 0.1) is 6.92 Å². The van der Waals surface area contributed by atoms with Gasteiger partial charge in [-0.3, -0.25) is 4.79 Å². The molecule has 0 unspecified atom stereocenters. The molecule has 1 aromatic heterocycles. The fourth-order valence-corrected chi connectivity index (χ4v) is 4.00. The Morgan fingerprint density at radius 3 is 2.35 bits per heavy atom. The third-order valence-corrected chi connectivity index (χ3v) is 5.65. The van der Waals surface area contributed by atoms with Crippen LogP contribution in [-0.2, 0) is 19.1 Å². The van der Waals surface area contributed by atoms with Crippen LogP contribution in [0.1, 0.15) is 28.4 Å². The van der Waals surface area contributed by atoms with E-state index in [1.165, 1.54) is 17.4 Å². The van der Waals surface area contributed by atoms with Crippen molar-refractivity contribution in [1.82, 2.24) is 0 Å². The summed E-state index contributed by atoms with van der Waals surface area (Å²) in [5.41, 5.74) is 3.64. The molecule has 176 valence electrons. The van der Waals surface area contributed by atoms with Gasteiger partial charge in [-0.05, 0) is 43.2 Å². The zero-order valence-electron chi connectivity index (χ0n) is 19.1. The maximum Gasteiger partial charge on any atom is 0.341 e. The second-order valence-corrected chi connectivity index (χ2v) is 8.08. The van der Waals surface area contributed by atoms with Gasteiger partial charge < -0.3 is 19.5 Å². The highest BCUT2D eigenvalue weighted by Crippen LogP contribution is 2.36. The van der Waals surface area contributed by atoms with E-state index < -0.39 is 24.5 Å². The molecule has 0 bridgehead atoms. The number of amides is 1. The molecule has 1 heterocycles. The molecule has 0 saturated heterocycles. The average Bonchev–Trinajstić information content (AvgIpc) is 3.25. The molecule has 0 fully saturated rings. The van der Waals surface area contributed by atoms with Crippen LogP contribution in [0.5, 0.6) is 5.75 Å². The fraction of sp³-hybridized carbons (Fsp3) is 0.192. The third kappa shape index (κ3) is 6.55. The first-order chi connectivity index (χ1) is 16.4. The monoisotopic (exact) mass is 479 g/mol. The number of carbonyl (C=O) groups excluding carboxylic acids is 3. The van der Waals surface area contributed by atoms with E-state index in [1.807, 2.05) is 31.2 Å². The fourth-order valence-electron chi connectivity index (χ4n) is 3.03. The summed E-state index contributed by atoms with van der Waals surface area (Å²) < 4.78 is 15.3. The molecule has 8 heteroatoms. The number of esters is 2. The Morgan fingerprint density at radius 2 is 1.71 bits per heavy atom. The van der Waals surface area contributed by atoms with Gasteiger partial charge in [0.1, 0.15) is 16.3 Å². The number of aryl methyl sites for hydroxylation is 1. The van der Waals surface area contributed by atoms with Crippen molar-refractivity contribution in [2.24, 2.45) is 0 Å². The van der Waals surface area contributed by atoms with Crippen molar-refractivity contribution in [2.45, 2.75) is 13.8 Å². The van der Waals surface area contributed by atoms with E-state index in [1.54, 1.807) is 49.8 Å². The van der Waals surface area contributed by atoms with Crippen LogP contribution in [0.15, 0.2) is 60.0 Å². The van der Waals surface area contributed by atoms with Gasteiger partial charge in [-0.1, -0.05) is 42.0 Å². The van der Waals surface area contributed by atoms with Gasteiger partial charge in [0.25, 0.3) is 5.91 Å². The lowest BCUT2D eigenvalue weighted by Gasteiger charge is -2.09. The summed E-state index contributed by atoms with van der Waals surface area (Å²) in [6.07, 6.45) is 2.81. The zero-order valence-corrected chi connectivity index (χ0v) is 19.9. The molecule has 7 nitrogen and oxygen atoms in total. The largest absolute Gasteiger partial charge is 0.497 e. The standard InChI is InChI=1S/C26H25NO6S/c1-4-32-26(30)24-21(19-10-5-17(2)6-11-19)16-34-25(24)27-22(28)15-33-23(29)14-9-18-7-12-20(31-3)13-8-18/h5-14,16H,4,15H2,1-3H3,(H,27,28). The van der Waals surface area contributed by atoms with Gasteiger partial charge in [0.2, 0.25) is 0 Å². The van der Waals surface area contributed by atoms with Crippen molar-refractivity contribution in [3.8, 4) is 16.9 Å². The molecule has 0 saturated carbocycles. The molecule has 0 atom stereocenters. The topological polar surface area (TPSA) is 90.9 Å². The molecular weight excluding hydrogens is 454 g/mol. The van der Waals surface area contributed by atoms with Crippen LogP contribution in [0.3, 0.4) is 0 Å². The highest BCUT2D eigenvalue weighted by atomic mass is 32.1. The average molecular weight is 480 g/mol. The van der Waals surface area contributed by atoms with Gasteiger partial charge in [0, 0.05) is 17.0 Å². The molecule has 2 aromatic carbocycles. The Hall–Kier alpha value is -3.91. The molecule has 0 spiro atoms. The highest BCUT2D eigenvalue weighted by molar-refractivity contribution is 7.15. The van der Waals surface area contributed by atoms with E-state index in [9.17, 15) is 14.4 Å². The van der Waals surface area contributed by atoms with Gasteiger partial charge in [0.15, 0.2) is 6.61 Å². The first-order valence-electron chi connectivity index (χ1n) is 10.6. The van der Waals surface area contributed by atoms with Crippen molar-refractivity contribution in [2.75, 3.05) is 25.6 Å². The Bertz CT molecular complexity index is 1180. The Kier molecular flexibility index (Phi) is 8.59. The second-order valence-electron chi connectivity index (χ2n) is 7.20. The normalized spacial score (nSPS) is 10.7. The van der Waals surface area contributed by atoms with Gasteiger partial charge in [-0.2, -0.15) is 0 Å². The van der Waals surface area contributed by atoms with Crippen molar-refractivity contribution >= 4 is 40.3 Å². The Morgan fingerprint density at radius 1 is 1.00 bits per heavy atom. The number of ether oxygens (including phenoxy) is 3. The Labute approximate surface area is 202 Å². The van der Waals surface area contributed by atoms with Gasteiger partial charge >= 0.3 is 11.9 Å². The molecule has 0 aliphatic rings. The number of thiophene rings is 1. The van der Waals surface area contributed by atoms with Gasteiger partial charge in [-0.15, -0.1) is 11.3 Å². The lowest BCUT2D eigenvalue weighted by molar-refractivity contribution is -0.142. The van der Waals surface area contributed by atoms with Gasteiger partial charge in [0.05, 0.1) is 13.7 Å². The van der Waals surface area contributed by atoms with E-state index in [2.05, 4.69) is 5.32 Å². The van der Waals surface area contributed by atoms with E-state index in [4.69, 9.17) is 14.2 Å². The second kappa shape index (κ2) is 11.8. The first-order valence-corrected chi connectivity index (χ1v) is 11.4. The van der Waals surface area contributed by atoms with Crippen LogP contribution >= 0.6 is 11.3 Å². The number of hydrogen-bond donors (Lipinski definition) is 1. The summed E-state index contributed by atoms with van der Waals surface area (Å²) in [7, 11) is 1.57. The molecule has 1 N–H and O–H groups in total. The molecule has 0 aliphatic carbocycles. The van der Waals surface area contributed by atoms with Crippen molar-refractivity contribution in [1.29, 1.82) is 0 Å². The molecule has 34 heavy (non-hydrogen) atoms. The lowest BCUT2D eigenvalue weighted by atomic mass is 10.0. The maximum absolute atomic E-state index is 12.6. The minimum atomic E-state index is -0.664. The summed E-state index contributed by atoms with van der Waals surface area (Å²) in [5, 5.41) is 4.78. The van der Waals surface area contributed by atoms with Crippen molar-refractivity contribution in [3.63, 3.8) is 0 Å². The molecule has 3 aromatic rings. The minimum absolute atomic E-state index is 0.202. The number of anilines is 1. The SMILES string of the molecule is CCOC(=O)c1c(-c2ccc(C)cc2)csc1NC(=O)COC(=O)C=Cc1ccc(OC)cc1. The number of benzene rings is 2. The number of methoxy groups -OCH3 is 1. The van der Waals surface area contributed by atoms with E-state index in [0.29, 0.717) is 16.3 Å². The van der Waals surface area contributed by atoms with Crippen LogP contribution in [-0.4, -0.2) is 38.2 Å². The highest BCUT2D eigenvalue weighted by Gasteiger charge is 2.23. The van der Waals surface area contributed by atoms with Crippen molar-refractivity contribution in [3.05, 3.63) is 76.7 Å². The molecule has 0 aliphatic heterocycles. The summed E-state index contributed by atoms with van der Waals surface area (Å²) >= 11 is 1.20. The summed E-state index contributed by atoms with van der Waals surface area (Å²) in [6, 6.07) is 14.8.